The highest BCUT2D eigenvalue weighted by molar-refractivity contribution is 14.1. The Kier molecular flexibility index (Phi) is 6.14. The minimum Gasteiger partial charge on any atom is -0.326 e. The van der Waals surface area contributed by atoms with Gasteiger partial charge in [0.15, 0.2) is 0 Å². The highest BCUT2D eigenvalue weighted by atomic mass is 127. The Balaban J connectivity index is 1.65. The number of benzene rings is 2. The first kappa shape index (κ1) is 19.8. The Hall–Kier alpha value is -1.96. The smallest absolute Gasteiger partial charge is 0.244 e. The van der Waals surface area contributed by atoms with E-state index in [-0.39, 0.29) is 35.4 Å². The van der Waals surface area contributed by atoms with Crippen molar-refractivity contribution in [2.75, 3.05) is 18.4 Å². The number of halogens is 1. The zero-order valence-corrected chi connectivity index (χ0v) is 17.4. The van der Waals surface area contributed by atoms with Gasteiger partial charge in [0.2, 0.25) is 15.9 Å². The monoisotopic (exact) mass is 495 g/mol. The van der Waals surface area contributed by atoms with Crippen LogP contribution in [0.1, 0.15) is 18.4 Å². The molecule has 0 radical (unpaired) electrons. The van der Waals surface area contributed by atoms with Crippen LogP contribution in [0.2, 0.25) is 0 Å². The number of nitrogens with zero attached hydrogens (tertiary/aromatic N) is 2. The van der Waals surface area contributed by atoms with Gasteiger partial charge < -0.3 is 5.32 Å². The van der Waals surface area contributed by atoms with Gasteiger partial charge in [-0.3, -0.25) is 4.79 Å². The number of nitriles is 1. The molecule has 0 aromatic heterocycles. The van der Waals surface area contributed by atoms with Gasteiger partial charge in [-0.25, -0.2) is 8.42 Å². The molecule has 0 unspecified atom stereocenters. The molecule has 6 nitrogen and oxygen atoms in total. The molecule has 27 heavy (non-hydrogen) atoms. The number of anilines is 1. The number of hydrogen-bond donors (Lipinski definition) is 1. The zero-order valence-electron chi connectivity index (χ0n) is 14.4. The van der Waals surface area contributed by atoms with Crippen molar-refractivity contribution < 1.29 is 13.2 Å². The van der Waals surface area contributed by atoms with Crippen LogP contribution in [-0.4, -0.2) is 31.7 Å². The molecule has 1 amide bonds. The molecular weight excluding hydrogens is 477 g/mol. The summed E-state index contributed by atoms with van der Waals surface area (Å²) in [6.45, 7) is 0.514. The van der Waals surface area contributed by atoms with Crippen LogP contribution >= 0.6 is 22.6 Å². The molecule has 1 aliphatic heterocycles. The van der Waals surface area contributed by atoms with Crippen LogP contribution in [0.25, 0.3) is 0 Å². The van der Waals surface area contributed by atoms with Crippen LogP contribution < -0.4 is 5.32 Å². The lowest BCUT2D eigenvalue weighted by Gasteiger charge is -2.30. The third-order valence-corrected chi connectivity index (χ3v) is 7.24. The van der Waals surface area contributed by atoms with Gasteiger partial charge >= 0.3 is 0 Å². The van der Waals surface area contributed by atoms with Crippen molar-refractivity contribution in [2.45, 2.75) is 17.7 Å². The molecule has 140 valence electrons. The Morgan fingerprint density at radius 2 is 1.74 bits per heavy atom. The molecule has 0 spiro atoms. The second-order valence-electron chi connectivity index (χ2n) is 6.28. The summed E-state index contributed by atoms with van der Waals surface area (Å²) in [6, 6.07) is 15.6. The van der Waals surface area contributed by atoms with E-state index in [1.165, 1.54) is 16.4 Å². The van der Waals surface area contributed by atoms with Crippen molar-refractivity contribution in [3.05, 3.63) is 57.7 Å². The van der Waals surface area contributed by atoms with E-state index in [9.17, 15) is 13.2 Å². The van der Waals surface area contributed by atoms with E-state index < -0.39 is 10.0 Å². The van der Waals surface area contributed by atoms with Gasteiger partial charge in [-0.2, -0.15) is 9.57 Å². The molecule has 0 aliphatic carbocycles. The van der Waals surface area contributed by atoms with E-state index in [4.69, 9.17) is 5.26 Å². The van der Waals surface area contributed by atoms with Crippen LogP contribution in [0, 0.1) is 20.8 Å². The second kappa shape index (κ2) is 8.37. The van der Waals surface area contributed by atoms with Gasteiger partial charge in [0, 0.05) is 28.3 Å². The van der Waals surface area contributed by atoms with E-state index >= 15 is 0 Å². The Morgan fingerprint density at radius 3 is 2.37 bits per heavy atom. The first-order chi connectivity index (χ1) is 12.9. The van der Waals surface area contributed by atoms with Crippen LogP contribution in [0.15, 0.2) is 53.4 Å². The number of carbonyl (C=O) groups is 1. The summed E-state index contributed by atoms with van der Waals surface area (Å²) in [5.74, 6) is -0.326. The minimum absolute atomic E-state index is 0.0225. The van der Waals surface area contributed by atoms with Gasteiger partial charge in [0.1, 0.15) is 6.07 Å². The third-order valence-electron chi connectivity index (χ3n) is 4.56. The largest absolute Gasteiger partial charge is 0.326 e. The summed E-state index contributed by atoms with van der Waals surface area (Å²) < 4.78 is 28.1. The van der Waals surface area contributed by atoms with Gasteiger partial charge in [-0.15, -0.1) is 0 Å². The molecule has 1 saturated heterocycles. The first-order valence-electron chi connectivity index (χ1n) is 8.47. The molecule has 2 aromatic rings. The lowest BCUT2D eigenvalue weighted by atomic mass is 9.97. The summed E-state index contributed by atoms with van der Waals surface area (Å²) in [6.07, 6.45) is 0.897. The molecular formula is C19H18IN3O3S. The van der Waals surface area contributed by atoms with Gasteiger partial charge in [-0.1, -0.05) is 12.1 Å². The zero-order chi connectivity index (χ0) is 19.4. The maximum atomic E-state index is 12.8. The van der Waals surface area contributed by atoms with Crippen LogP contribution in [0.4, 0.5) is 5.69 Å². The molecule has 0 bridgehead atoms. The van der Waals surface area contributed by atoms with Gasteiger partial charge in [0.05, 0.1) is 10.5 Å². The predicted octanol–water partition coefficient (Wildman–Crippen LogP) is 3.20. The van der Waals surface area contributed by atoms with Crippen molar-refractivity contribution in [1.29, 1.82) is 5.26 Å². The second-order valence-corrected chi connectivity index (χ2v) is 9.43. The number of piperidine rings is 1. The van der Waals surface area contributed by atoms with Gasteiger partial charge in [0.25, 0.3) is 0 Å². The lowest BCUT2D eigenvalue weighted by molar-refractivity contribution is -0.120. The number of sulfonamides is 1. The highest BCUT2D eigenvalue weighted by Gasteiger charge is 2.33. The minimum atomic E-state index is -3.74. The average Bonchev–Trinajstić information content (AvgIpc) is 2.69. The topological polar surface area (TPSA) is 90.3 Å². The van der Waals surface area contributed by atoms with Gasteiger partial charge in [-0.05, 0) is 71.8 Å². The molecule has 3 rings (SSSR count). The first-order valence-corrected chi connectivity index (χ1v) is 11.0. The number of hydrogen-bond acceptors (Lipinski definition) is 4. The highest BCUT2D eigenvalue weighted by Crippen LogP contribution is 2.26. The van der Waals surface area contributed by atoms with E-state index in [1.54, 1.807) is 12.1 Å². The van der Waals surface area contributed by atoms with Crippen molar-refractivity contribution in [2.24, 2.45) is 5.92 Å². The molecule has 0 atom stereocenters. The van der Waals surface area contributed by atoms with Crippen molar-refractivity contribution in [3.63, 3.8) is 0 Å². The number of rotatable bonds is 4. The van der Waals surface area contributed by atoms with E-state index in [0.29, 0.717) is 12.8 Å². The Labute approximate surface area is 172 Å². The molecule has 1 aliphatic rings. The molecule has 1 N–H and O–H groups in total. The summed E-state index contributed by atoms with van der Waals surface area (Å²) >= 11 is 2.20. The SMILES string of the molecule is N#Cc1ccccc1S(=O)(=O)N1CCC(C(=O)Nc2ccc(I)cc2)CC1. The molecule has 0 saturated carbocycles. The molecule has 2 aromatic carbocycles. The van der Waals surface area contributed by atoms with E-state index in [2.05, 4.69) is 27.9 Å². The fraction of sp³-hybridized carbons (Fsp3) is 0.263. The third kappa shape index (κ3) is 4.48. The quantitative estimate of drug-likeness (QED) is 0.660. The van der Waals surface area contributed by atoms with Crippen LogP contribution in [0.3, 0.4) is 0 Å². The maximum absolute atomic E-state index is 12.8. The van der Waals surface area contributed by atoms with E-state index in [1.807, 2.05) is 30.3 Å². The maximum Gasteiger partial charge on any atom is 0.244 e. The Bertz CT molecular complexity index is 976. The van der Waals surface area contributed by atoms with Crippen molar-refractivity contribution >= 4 is 44.2 Å². The average molecular weight is 495 g/mol. The summed E-state index contributed by atoms with van der Waals surface area (Å²) in [4.78, 5) is 12.5. The summed E-state index contributed by atoms with van der Waals surface area (Å²) in [5, 5.41) is 12.1. The molecule has 1 fully saturated rings. The van der Waals surface area contributed by atoms with Crippen molar-refractivity contribution in [3.8, 4) is 6.07 Å². The van der Waals surface area contributed by atoms with E-state index in [0.717, 1.165) is 9.26 Å². The van der Waals surface area contributed by atoms with Crippen LogP contribution in [0.5, 0.6) is 0 Å². The lowest BCUT2D eigenvalue weighted by Crippen LogP contribution is -2.41. The van der Waals surface area contributed by atoms with Crippen LogP contribution in [-0.2, 0) is 14.8 Å². The normalized spacial score (nSPS) is 15.9. The fourth-order valence-corrected chi connectivity index (χ4v) is 5.03. The number of amides is 1. The summed E-state index contributed by atoms with van der Waals surface area (Å²) in [5.41, 5.74) is 0.870. The molecule has 1 heterocycles. The standard InChI is InChI=1S/C19H18IN3O3S/c20-16-5-7-17(8-6-16)22-19(24)14-9-11-23(12-10-14)27(25,26)18-4-2-1-3-15(18)13-21/h1-8,14H,9-12H2,(H,22,24). The predicted molar refractivity (Wildman–Crippen MR) is 110 cm³/mol. The Morgan fingerprint density at radius 1 is 1.11 bits per heavy atom. The van der Waals surface area contributed by atoms with Crippen molar-refractivity contribution in [1.82, 2.24) is 4.31 Å². The number of carbonyl (C=O) groups excluding carboxylic acids is 1. The number of nitrogens with one attached hydrogen (secondary N) is 1. The molecule has 8 heteroatoms. The fourth-order valence-electron chi connectivity index (χ4n) is 3.06. The summed E-state index contributed by atoms with van der Waals surface area (Å²) in [7, 11) is -3.74.